The quantitative estimate of drug-likeness (QED) is 0.205. The normalized spacial score (nSPS) is 11.9. The Hall–Kier alpha value is -5.12. The van der Waals surface area contributed by atoms with Gasteiger partial charge in [0.1, 0.15) is 0 Å². The van der Waals surface area contributed by atoms with Crippen molar-refractivity contribution in [2.75, 3.05) is 0 Å². The fourth-order valence-corrected chi connectivity index (χ4v) is 7.77. The van der Waals surface area contributed by atoms with E-state index in [1.54, 1.807) is 12.4 Å². The molecule has 0 unspecified atom stereocenters. The minimum absolute atomic E-state index is 0.949. The second-order valence-corrected chi connectivity index (χ2v) is 11.6. The molecule has 9 aromatic rings. The number of fused-ring (bicyclic) bond motifs is 10. The summed E-state index contributed by atoms with van der Waals surface area (Å²) in [5.74, 6) is 0. The number of hydrogen-bond donors (Lipinski definition) is 0. The highest BCUT2D eigenvalue weighted by molar-refractivity contribution is 7.26. The van der Waals surface area contributed by atoms with Crippen LogP contribution in [0.3, 0.4) is 0 Å². The molecule has 0 radical (unpaired) electrons. The molecule has 9 rings (SSSR count). The van der Waals surface area contributed by atoms with E-state index in [4.69, 9.17) is 9.97 Å². The molecule has 0 amide bonds. The lowest BCUT2D eigenvalue weighted by Gasteiger charge is -2.14. The van der Waals surface area contributed by atoms with Gasteiger partial charge >= 0.3 is 0 Å². The summed E-state index contributed by atoms with van der Waals surface area (Å²) in [4.78, 5) is 9.43. The van der Waals surface area contributed by atoms with Crippen LogP contribution in [-0.4, -0.2) is 9.97 Å². The summed E-state index contributed by atoms with van der Waals surface area (Å²) in [6.07, 6.45) is 3.57. The van der Waals surface area contributed by atoms with Gasteiger partial charge in [0.2, 0.25) is 0 Å². The summed E-state index contributed by atoms with van der Waals surface area (Å²) < 4.78 is 2.67. The van der Waals surface area contributed by atoms with Crippen molar-refractivity contribution in [1.29, 1.82) is 0 Å². The molecule has 7 aromatic carbocycles. The molecule has 0 fully saturated rings. The Morgan fingerprint density at radius 2 is 1.00 bits per heavy atom. The van der Waals surface area contributed by atoms with Crippen LogP contribution >= 0.6 is 11.3 Å². The lowest BCUT2D eigenvalue weighted by molar-refractivity contribution is 1.31. The molecular weight excluding hydrogens is 516 g/mol. The van der Waals surface area contributed by atoms with E-state index in [1.807, 2.05) is 11.3 Å². The van der Waals surface area contributed by atoms with E-state index in [2.05, 4.69) is 121 Å². The molecule has 2 heterocycles. The van der Waals surface area contributed by atoms with E-state index in [9.17, 15) is 0 Å². The zero-order valence-corrected chi connectivity index (χ0v) is 22.8. The van der Waals surface area contributed by atoms with E-state index in [0.717, 1.165) is 21.8 Å². The van der Waals surface area contributed by atoms with Crippen molar-refractivity contribution in [3.05, 3.63) is 134 Å². The molecule has 0 saturated carbocycles. The minimum atomic E-state index is 0.949. The molecule has 0 spiro atoms. The van der Waals surface area contributed by atoms with E-state index >= 15 is 0 Å². The van der Waals surface area contributed by atoms with Crippen LogP contribution in [0, 0.1) is 0 Å². The summed E-state index contributed by atoms with van der Waals surface area (Å²) in [5.41, 5.74) is 6.90. The molecule has 2 nitrogen and oxygen atoms in total. The molecule has 0 saturated heterocycles. The molecule has 0 N–H and O–H groups in total. The predicted molar refractivity (Wildman–Crippen MR) is 176 cm³/mol. The van der Waals surface area contributed by atoms with Gasteiger partial charge in [-0.3, -0.25) is 9.97 Å². The molecule has 41 heavy (non-hydrogen) atoms. The monoisotopic (exact) mass is 538 g/mol. The van der Waals surface area contributed by atoms with E-state index in [0.29, 0.717) is 0 Å². The van der Waals surface area contributed by atoms with Crippen molar-refractivity contribution in [3.63, 3.8) is 0 Å². The summed E-state index contributed by atoms with van der Waals surface area (Å²) in [5, 5.41) is 9.86. The van der Waals surface area contributed by atoms with Gasteiger partial charge in [-0.2, -0.15) is 0 Å². The van der Waals surface area contributed by atoms with Crippen LogP contribution in [0.25, 0.3) is 85.8 Å². The fraction of sp³-hybridized carbons (Fsp3) is 0. The molecule has 0 aliphatic heterocycles. The zero-order chi connectivity index (χ0) is 26.9. The first-order valence-corrected chi connectivity index (χ1v) is 14.6. The van der Waals surface area contributed by atoms with Crippen molar-refractivity contribution in [3.8, 4) is 22.3 Å². The highest BCUT2D eigenvalue weighted by atomic mass is 32.1. The Balaban J connectivity index is 1.31. The Bertz CT molecular complexity index is 2450. The SMILES string of the molecule is c1ccc2c(c1)sc1c(-c3ccc(-c4ccc5c(c4)c4ccccc4c4nccnc54)c4ccccc34)cccc12. The van der Waals surface area contributed by atoms with Crippen LogP contribution in [0.5, 0.6) is 0 Å². The molecule has 0 atom stereocenters. The van der Waals surface area contributed by atoms with Gasteiger partial charge in [-0.1, -0.05) is 109 Å². The lowest BCUT2D eigenvalue weighted by Crippen LogP contribution is -1.90. The first-order valence-electron chi connectivity index (χ1n) is 13.8. The summed E-state index contributed by atoms with van der Waals surface area (Å²) >= 11 is 1.88. The number of nitrogens with zero attached hydrogens (tertiary/aromatic N) is 2. The number of aromatic nitrogens is 2. The third-order valence-electron chi connectivity index (χ3n) is 8.37. The average Bonchev–Trinajstić information content (AvgIpc) is 3.43. The van der Waals surface area contributed by atoms with Gasteiger partial charge < -0.3 is 0 Å². The van der Waals surface area contributed by atoms with Crippen molar-refractivity contribution < 1.29 is 0 Å². The van der Waals surface area contributed by atoms with Gasteiger partial charge in [0.05, 0.1) is 11.0 Å². The zero-order valence-electron chi connectivity index (χ0n) is 22.0. The third-order valence-corrected chi connectivity index (χ3v) is 9.59. The summed E-state index contributed by atoms with van der Waals surface area (Å²) in [6, 6.07) is 44.2. The largest absolute Gasteiger partial charge is 0.252 e. The van der Waals surface area contributed by atoms with Crippen molar-refractivity contribution in [2.45, 2.75) is 0 Å². The second-order valence-electron chi connectivity index (χ2n) is 10.5. The maximum absolute atomic E-state index is 4.74. The van der Waals surface area contributed by atoms with Gasteiger partial charge in [-0.25, -0.2) is 0 Å². The molecule has 2 aromatic heterocycles. The number of thiophene rings is 1. The standard InChI is InChI=1S/C38H22N2S/c1-2-9-26-25(8-1)24(18-19-28(26)32-13-7-14-33-29-11-5-6-15-35(29)41-38(32)33)23-16-17-31-34(22-23)27-10-3-4-12-30(27)36-37(31)40-21-20-39-36/h1-22H. The first kappa shape index (κ1) is 22.7. The maximum Gasteiger partial charge on any atom is 0.0971 e. The van der Waals surface area contributed by atoms with Crippen LogP contribution in [-0.2, 0) is 0 Å². The number of hydrogen-bond acceptors (Lipinski definition) is 3. The van der Waals surface area contributed by atoms with Crippen molar-refractivity contribution >= 4 is 74.9 Å². The van der Waals surface area contributed by atoms with Gasteiger partial charge in [0.15, 0.2) is 0 Å². The number of benzene rings is 7. The first-order chi connectivity index (χ1) is 20.3. The summed E-state index contributed by atoms with van der Waals surface area (Å²) in [6.45, 7) is 0. The highest BCUT2D eigenvalue weighted by Gasteiger charge is 2.16. The Morgan fingerprint density at radius 1 is 0.390 bits per heavy atom. The fourth-order valence-electron chi connectivity index (χ4n) is 6.54. The van der Waals surface area contributed by atoms with Crippen LogP contribution in [0.2, 0.25) is 0 Å². The van der Waals surface area contributed by atoms with Crippen molar-refractivity contribution in [2.24, 2.45) is 0 Å². The van der Waals surface area contributed by atoms with E-state index < -0.39 is 0 Å². The van der Waals surface area contributed by atoms with Crippen LogP contribution < -0.4 is 0 Å². The van der Waals surface area contributed by atoms with Crippen LogP contribution in [0.15, 0.2) is 134 Å². The van der Waals surface area contributed by atoms with Gasteiger partial charge in [-0.15, -0.1) is 11.3 Å². The molecular formula is C38H22N2S. The second kappa shape index (κ2) is 8.69. The molecule has 0 bridgehead atoms. The van der Waals surface area contributed by atoms with Gasteiger partial charge in [0.25, 0.3) is 0 Å². The molecule has 0 aliphatic rings. The molecule has 190 valence electrons. The van der Waals surface area contributed by atoms with Gasteiger partial charge in [0, 0.05) is 48.9 Å². The van der Waals surface area contributed by atoms with E-state index in [-0.39, 0.29) is 0 Å². The summed E-state index contributed by atoms with van der Waals surface area (Å²) in [7, 11) is 0. The van der Waals surface area contributed by atoms with Crippen LogP contribution in [0.1, 0.15) is 0 Å². The van der Waals surface area contributed by atoms with Crippen LogP contribution in [0.4, 0.5) is 0 Å². The number of rotatable bonds is 2. The Morgan fingerprint density at radius 3 is 1.80 bits per heavy atom. The highest BCUT2D eigenvalue weighted by Crippen LogP contribution is 2.44. The third kappa shape index (κ3) is 3.30. The smallest absolute Gasteiger partial charge is 0.0971 e. The topological polar surface area (TPSA) is 25.8 Å². The predicted octanol–water partition coefficient (Wildman–Crippen LogP) is 10.8. The minimum Gasteiger partial charge on any atom is -0.252 e. The van der Waals surface area contributed by atoms with Gasteiger partial charge in [-0.05, 0) is 50.4 Å². The lowest BCUT2D eigenvalue weighted by atomic mass is 9.90. The Labute approximate surface area is 240 Å². The average molecular weight is 539 g/mol. The molecule has 0 aliphatic carbocycles. The van der Waals surface area contributed by atoms with E-state index in [1.165, 1.54) is 64.0 Å². The van der Waals surface area contributed by atoms with Crippen molar-refractivity contribution in [1.82, 2.24) is 9.97 Å². The molecule has 3 heteroatoms. The maximum atomic E-state index is 4.74. The Kier molecular flexibility index (Phi) is 4.80.